The molecule has 0 saturated carbocycles. The molecule has 2 atom stereocenters. The van der Waals surface area contributed by atoms with Gasteiger partial charge in [0.1, 0.15) is 5.78 Å². The fraction of sp³-hybridized carbons (Fsp3) is 0.857. The average molecular weight is 212 g/mol. The zero-order valence-corrected chi connectivity index (χ0v) is 9.05. The van der Waals surface area contributed by atoms with Crippen molar-refractivity contribution < 1.29 is 15.0 Å². The van der Waals surface area contributed by atoms with Crippen LogP contribution in [0.1, 0.15) is 13.8 Å². The molecule has 0 aromatic carbocycles. The minimum Gasteiger partial charge on any atom is -0.390 e. The van der Waals surface area contributed by atoms with Crippen LogP contribution in [0.25, 0.3) is 0 Å². The highest BCUT2D eigenvalue weighted by Gasteiger charge is 2.10. The molecule has 0 amide bonds. The maximum atomic E-state index is 9.44. The second-order valence-corrected chi connectivity index (χ2v) is 3.14. The first-order valence-electron chi connectivity index (χ1n) is 3.50. The molecule has 0 saturated heterocycles. The lowest BCUT2D eigenvalue weighted by molar-refractivity contribution is -0.114. The van der Waals surface area contributed by atoms with Gasteiger partial charge in [-0.2, -0.15) is 25.3 Å². The number of carbonyl (C=O) groups is 1. The molecular weight excluding hydrogens is 196 g/mol. The van der Waals surface area contributed by atoms with Crippen LogP contribution >= 0.6 is 25.3 Å². The Balaban J connectivity index is 0. The zero-order valence-electron chi connectivity index (χ0n) is 7.27. The van der Waals surface area contributed by atoms with Crippen LogP contribution in [-0.2, 0) is 4.79 Å². The molecule has 0 aromatic heterocycles. The molecule has 0 fully saturated rings. The number of hydrogen-bond donors (Lipinski definition) is 4. The standard InChI is InChI=1S/C4H10O2S2.C3H6O/c5-3(1-7)4(6)2-8;1-3(2)4/h3-8H,1-2H2;1-2H3. The van der Waals surface area contributed by atoms with Gasteiger partial charge in [0.15, 0.2) is 0 Å². The Morgan fingerprint density at radius 1 is 1.17 bits per heavy atom. The van der Waals surface area contributed by atoms with Gasteiger partial charge in [0.2, 0.25) is 0 Å². The van der Waals surface area contributed by atoms with Gasteiger partial charge in [0, 0.05) is 11.5 Å². The molecule has 0 radical (unpaired) electrons. The molecule has 12 heavy (non-hydrogen) atoms. The van der Waals surface area contributed by atoms with E-state index in [2.05, 4.69) is 25.3 Å². The molecule has 3 nitrogen and oxygen atoms in total. The summed E-state index contributed by atoms with van der Waals surface area (Å²) in [5, 5.41) is 17.5. The summed E-state index contributed by atoms with van der Waals surface area (Å²) >= 11 is 7.53. The van der Waals surface area contributed by atoms with Crippen molar-refractivity contribution in [2.75, 3.05) is 11.5 Å². The average Bonchev–Trinajstić information content (AvgIpc) is 2.00. The fourth-order valence-corrected chi connectivity index (χ4v) is 0.730. The monoisotopic (exact) mass is 212 g/mol. The number of aliphatic hydroxyl groups is 2. The van der Waals surface area contributed by atoms with Crippen molar-refractivity contribution >= 4 is 31.0 Å². The maximum Gasteiger partial charge on any atom is 0.126 e. The molecule has 0 bridgehead atoms. The fourth-order valence-electron chi connectivity index (χ4n) is 0.243. The van der Waals surface area contributed by atoms with Crippen LogP contribution in [0.15, 0.2) is 0 Å². The van der Waals surface area contributed by atoms with Gasteiger partial charge < -0.3 is 15.0 Å². The second kappa shape index (κ2) is 9.38. The summed E-state index contributed by atoms with van der Waals surface area (Å²) < 4.78 is 0. The summed E-state index contributed by atoms with van der Waals surface area (Å²) in [4.78, 5) is 9.44. The third-order valence-electron chi connectivity index (χ3n) is 0.818. The topological polar surface area (TPSA) is 57.5 Å². The van der Waals surface area contributed by atoms with Crippen molar-refractivity contribution in [3.63, 3.8) is 0 Å². The van der Waals surface area contributed by atoms with Crippen LogP contribution < -0.4 is 0 Å². The predicted molar refractivity (Wildman–Crippen MR) is 56.1 cm³/mol. The first-order chi connectivity index (χ1) is 5.45. The Bertz CT molecular complexity index is 107. The highest BCUT2D eigenvalue weighted by atomic mass is 32.1. The Hall–Kier alpha value is 0.290. The molecule has 5 heteroatoms. The van der Waals surface area contributed by atoms with E-state index in [1.54, 1.807) is 0 Å². The van der Waals surface area contributed by atoms with Gasteiger partial charge in [-0.1, -0.05) is 0 Å². The molecule has 0 spiro atoms. The summed E-state index contributed by atoms with van der Waals surface area (Å²) in [5.74, 6) is 0.726. The lowest BCUT2D eigenvalue weighted by Crippen LogP contribution is -2.28. The van der Waals surface area contributed by atoms with E-state index in [0.717, 1.165) is 0 Å². The molecule has 0 aliphatic carbocycles. The molecular formula is C7H16O3S2. The lowest BCUT2D eigenvalue weighted by atomic mass is 10.3. The molecule has 0 aliphatic heterocycles. The number of thiol groups is 2. The number of carbonyl (C=O) groups excluding carboxylic acids is 1. The Kier molecular flexibility index (Phi) is 11.6. The number of aliphatic hydroxyl groups excluding tert-OH is 2. The van der Waals surface area contributed by atoms with E-state index in [0.29, 0.717) is 0 Å². The van der Waals surface area contributed by atoms with E-state index < -0.39 is 12.2 Å². The molecule has 0 aliphatic rings. The van der Waals surface area contributed by atoms with E-state index in [4.69, 9.17) is 10.2 Å². The smallest absolute Gasteiger partial charge is 0.126 e. The van der Waals surface area contributed by atoms with Crippen LogP contribution in [0.3, 0.4) is 0 Å². The number of hydrogen-bond acceptors (Lipinski definition) is 5. The van der Waals surface area contributed by atoms with Crippen LogP contribution in [0, 0.1) is 0 Å². The van der Waals surface area contributed by atoms with E-state index in [1.807, 2.05) is 0 Å². The minimum absolute atomic E-state index is 0.167. The highest BCUT2D eigenvalue weighted by Crippen LogP contribution is 1.96. The SMILES string of the molecule is CC(C)=O.OC(CS)C(O)CS. The normalized spacial score (nSPS) is 14.2. The largest absolute Gasteiger partial charge is 0.390 e. The zero-order chi connectivity index (χ0) is 10.1. The van der Waals surface area contributed by atoms with Gasteiger partial charge in [-0.3, -0.25) is 0 Å². The number of Topliss-reactive ketones (excluding diaryl/α,β-unsaturated/α-hetero) is 1. The summed E-state index contributed by atoms with van der Waals surface area (Å²) in [6.45, 7) is 3.06. The lowest BCUT2D eigenvalue weighted by Gasteiger charge is -2.11. The third-order valence-corrected chi connectivity index (χ3v) is 1.57. The molecule has 0 heterocycles. The van der Waals surface area contributed by atoms with Crippen LogP contribution in [-0.4, -0.2) is 39.7 Å². The van der Waals surface area contributed by atoms with Crippen LogP contribution in [0.2, 0.25) is 0 Å². The summed E-state index contributed by atoms with van der Waals surface area (Å²) in [6.07, 6.45) is -1.48. The quantitative estimate of drug-likeness (QED) is 0.504. The summed E-state index contributed by atoms with van der Waals surface area (Å²) in [6, 6.07) is 0. The predicted octanol–water partition coefficient (Wildman–Crippen LogP) is 0.163. The van der Waals surface area contributed by atoms with E-state index >= 15 is 0 Å². The molecule has 2 unspecified atom stereocenters. The van der Waals surface area contributed by atoms with E-state index in [1.165, 1.54) is 13.8 Å². The van der Waals surface area contributed by atoms with Gasteiger partial charge in [-0.05, 0) is 13.8 Å². The van der Waals surface area contributed by atoms with Gasteiger partial charge in [-0.15, -0.1) is 0 Å². The van der Waals surface area contributed by atoms with Crippen molar-refractivity contribution in [2.24, 2.45) is 0 Å². The maximum absolute atomic E-state index is 9.44. The van der Waals surface area contributed by atoms with Crippen molar-refractivity contribution in [1.29, 1.82) is 0 Å². The first kappa shape index (κ1) is 14.8. The molecule has 74 valence electrons. The Labute approximate surface area is 84.0 Å². The van der Waals surface area contributed by atoms with Crippen molar-refractivity contribution in [1.82, 2.24) is 0 Å². The second-order valence-electron chi connectivity index (χ2n) is 2.41. The minimum atomic E-state index is -0.740. The van der Waals surface area contributed by atoms with Gasteiger partial charge in [-0.25, -0.2) is 0 Å². The molecule has 0 rings (SSSR count). The Morgan fingerprint density at radius 3 is 1.42 bits per heavy atom. The van der Waals surface area contributed by atoms with Crippen molar-refractivity contribution in [2.45, 2.75) is 26.1 Å². The Morgan fingerprint density at radius 2 is 1.33 bits per heavy atom. The third kappa shape index (κ3) is 12.9. The van der Waals surface area contributed by atoms with E-state index in [-0.39, 0.29) is 17.3 Å². The highest BCUT2D eigenvalue weighted by molar-refractivity contribution is 7.80. The molecule has 0 aromatic rings. The van der Waals surface area contributed by atoms with Gasteiger partial charge in [0.05, 0.1) is 12.2 Å². The summed E-state index contributed by atoms with van der Waals surface area (Å²) in [5.41, 5.74) is 0. The van der Waals surface area contributed by atoms with Crippen molar-refractivity contribution in [3.05, 3.63) is 0 Å². The molecule has 2 N–H and O–H groups in total. The van der Waals surface area contributed by atoms with Gasteiger partial charge >= 0.3 is 0 Å². The van der Waals surface area contributed by atoms with Crippen molar-refractivity contribution in [3.8, 4) is 0 Å². The van der Waals surface area contributed by atoms with E-state index in [9.17, 15) is 4.79 Å². The number of ketones is 1. The van der Waals surface area contributed by atoms with Crippen LogP contribution in [0.4, 0.5) is 0 Å². The first-order valence-corrected chi connectivity index (χ1v) is 4.77. The van der Waals surface area contributed by atoms with Gasteiger partial charge in [0.25, 0.3) is 0 Å². The van der Waals surface area contributed by atoms with Crippen LogP contribution in [0.5, 0.6) is 0 Å². The number of rotatable bonds is 3. The summed E-state index contributed by atoms with van der Waals surface area (Å²) in [7, 11) is 0.